The largest absolute Gasteiger partial charge is 0.377 e. The molecule has 0 spiro atoms. The highest BCUT2D eigenvalue weighted by Crippen LogP contribution is 2.33. The molecule has 1 aromatic heterocycles. The van der Waals surface area contributed by atoms with E-state index in [1.165, 1.54) is 0 Å². The Bertz CT molecular complexity index is 1290. The van der Waals surface area contributed by atoms with Crippen LogP contribution in [0.15, 0.2) is 36.7 Å². The average molecular weight is 549 g/mol. The van der Waals surface area contributed by atoms with Crippen molar-refractivity contribution in [2.45, 2.75) is 56.6 Å². The molecule has 1 saturated carbocycles. The molecule has 3 amide bonds. The number of halogens is 1. The molecule has 0 radical (unpaired) electrons. The molecule has 0 bridgehead atoms. The first kappa shape index (κ1) is 27.7. The summed E-state index contributed by atoms with van der Waals surface area (Å²) in [6.07, 6.45) is 4.68. The third-order valence-corrected chi connectivity index (χ3v) is 7.34. The van der Waals surface area contributed by atoms with Gasteiger partial charge in [-0.3, -0.25) is 14.4 Å². The Morgan fingerprint density at radius 3 is 2.48 bits per heavy atom. The number of nitrogens with one attached hydrogen (secondary N) is 3. The molecule has 210 valence electrons. The van der Waals surface area contributed by atoms with Gasteiger partial charge in [-0.2, -0.15) is 0 Å². The van der Waals surface area contributed by atoms with Crippen molar-refractivity contribution in [3.63, 3.8) is 0 Å². The van der Waals surface area contributed by atoms with Crippen molar-refractivity contribution in [3.8, 4) is 11.8 Å². The lowest BCUT2D eigenvalue weighted by molar-refractivity contribution is -0.133. The Morgan fingerprint density at radius 2 is 1.82 bits per heavy atom. The number of nitrogens with zero attached hydrogens (tertiary/aromatic N) is 3. The van der Waals surface area contributed by atoms with Gasteiger partial charge in [0.25, 0.3) is 5.91 Å². The molecule has 3 N–H and O–H groups in total. The first-order chi connectivity index (χ1) is 19.4. The van der Waals surface area contributed by atoms with Crippen molar-refractivity contribution in [2.24, 2.45) is 5.92 Å². The van der Waals surface area contributed by atoms with Crippen LogP contribution in [-0.2, 0) is 20.9 Å². The Hall–Kier alpha value is -3.88. The molecule has 2 aliphatic heterocycles. The number of ether oxygens (including phenoxy) is 1. The van der Waals surface area contributed by atoms with Gasteiger partial charge in [0.2, 0.25) is 11.8 Å². The van der Waals surface area contributed by atoms with Crippen LogP contribution >= 0.6 is 0 Å². The standard InChI is InChI=1S/C29H33FN6O4/c1-40-17-26-32-12-19(13-33-26)3-2-18-4-6-20(7-5-18)27(37)34-15-24-11-23(16-36(24)29(39)21-8-9-21)35-28(38)25-10-22(30)14-31-25/h4-7,12-13,21-25,31H,8-11,14-17H2,1H3,(H,34,37)(H,35,38)/t22-,23+,24+,25-/m0/s1. The minimum atomic E-state index is -1.02. The van der Waals surface area contributed by atoms with Crippen LogP contribution in [0, 0.1) is 17.8 Å². The molecule has 10 nitrogen and oxygen atoms in total. The summed E-state index contributed by atoms with van der Waals surface area (Å²) in [7, 11) is 1.58. The highest BCUT2D eigenvalue weighted by atomic mass is 19.1. The normalized spacial score (nSPS) is 23.8. The summed E-state index contributed by atoms with van der Waals surface area (Å²) in [5, 5.41) is 8.81. The summed E-state index contributed by atoms with van der Waals surface area (Å²) in [4.78, 5) is 48.5. The molecule has 2 saturated heterocycles. The van der Waals surface area contributed by atoms with Crippen LogP contribution in [0.5, 0.6) is 0 Å². The van der Waals surface area contributed by atoms with E-state index in [0.717, 1.165) is 18.4 Å². The van der Waals surface area contributed by atoms with E-state index < -0.39 is 12.2 Å². The maximum atomic E-state index is 13.5. The number of hydrogen-bond donors (Lipinski definition) is 3. The fraction of sp³-hybridized carbons (Fsp3) is 0.483. The zero-order valence-electron chi connectivity index (χ0n) is 22.4. The van der Waals surface area contributed by atoms with Crippen LogP contribution < -0.4 is 16.0 Å². The van der Waals surface area contributed by atoms with E-state index in [9.17, 15) is 18.8 Å². The van der Waals surface area contributed by atoms with E-state index in [2.05, 4.69) is 37.8 Å². The molecule has 1 aromatic carbocycles. The minimum absolute atomic E-state index is 0.0277. The van der Waals surface area contributed by atoms with Crippen molar-refractivity contribution in [2.75, 3.05) is 26.7 Å². The predicted octanol–water partition coefficient (Wildman–Crippen LogP) is 0.948. The molecule has 1 aliphatic carbocycles. The van der Waals surface area contributed by atoms with Gasteiger partial charge in [-0.25, -0.2) is 14.4 Å². The number of hydrogen-bond acceptors (Lipinski definition) is 7. The SMILES string of the molecule is COCc1ncc(C#Cc2ccc(C(=O)NC[C@H]3C[C@@H](NC(=O)[C@@H]4C[C@H](F)CN4)CN3C(=O)C3CC3)cc2)cn1. The second-order valence-corrected chi connectivity index (χ2v) is 10.5. The number of amides is 3. The molecule has 3 fully saturated rings. The van der Waals surface area contributed by atoms with Crippen molar-refractivity contribution in [3.05, 3.63) is 59.2 Å². The number of carbonyl (C=O) groups is 3. The Labute approximate surface area is 232 Å². The molecule has 2 aromatic rings. The summed E-state index contributed by atoms with van der Waals surface area (Å²) in [5.74, 6) is 6.22. The summed E-state index contributed by atoms with van der Waals surface area (Å²) >= 11 is 0. The third-order valence-electron chi connectivity index (χ3n) is 7.34. The zero-order valence-corrected chi connectivity index (χ0v) is 22.4. The monoisotopic (exact) mass is 548 g/mol. The highest BCUT2D eigenvalue weighted by molar-refractivity contribution is 5.94. The van der Waals surface area contributed by atoms with Crippen LogP contribution in [0.3, 0.4) is 0 Å². The molecular weight excluding hydrogens is 515 g/mol. The fourth-order valence-corrected chi connectivity index (χ4v) is 5.03. The van der Waals surface area contributed by atoms with E-state index in [1.54, 1.807) is 48.7 Å². The van der Waals surface area contributed by atoms with Gasteiger partial charge in [-0.1, -0.05) is 11.8 Å². The van der Waals surface area contributed by atoms with Gasteiger partial charge in [0, 0.05) is 68.6 Å². The van der Waals surface area contributed by atoms with Crippen LogP contribution in [0.2, 0.25) is 0 Å². The van der Waals surface area contributed by atoms with Gasteiger partial charge in [0.1, 0.15) is 12.8 Å². The topological polar surface area (TPSA) is 126 Å². The maximum Gasteiger partial charge on any atom is 0.251 e. The summed E-state index contributed by atoms with van der Waals surface area (Å²) in [5.41, 5.74) is 1.89. The quantitative estimate of drug-likeness (QED) is 0.420. The predicted molar refractivity (Wildman–Crippen MR) is 144 cm³/mol. The van der Waals surface area contributed by atoms with E-state index >= 15 is 0 Å². The molecular formula is C29H33FN6O4. The lowest BCUT2D eigenvalue weighted by Crippen LogP contribution is -2.46. The molecule has 4 atom stereocenters. The highest BCUT2D eigenvalue weighted by Gasteiger charge is 2.42. The fourth-order valence-electron chi connectivity index (χ4n) is 5.03. The van der Waals surface area contributed by atoms with Crippen LogP contribution in [0.25, 0.3) is 0 Å². The van der Waals surface area contributed by atoms with Crippen molar-refractivity contribution in [1.82, 2.24) is 30.8 Å². The number of methoxy groups -OCH3 is 1. The van der Waals surface area contributed by atoms with E-state index in [1.807, 2.05) is 0 Å². The molecule has 0 unspecified atom stereocenters. The van der Waals surface area contributed by atoms with Crippen LogP contribution in [-0.4, -0.2) is 83.6 Å². The second-order valence-electron chi connectivity index (χ2n) is 10.5. The number of alkyl halides is 1. The van der Waals surface area contributed by atoms with Gasteiger partial charge in [0.05, 0.1) is 17.6 Å². The molecule has 3 heterocycles. The van der Waals surface area contributed by atoms with Crippen molar-refractivity contribution < 1.29 is 23.5 Å². The van der Waals surface area contributed by atoms with E-state index in [-0.39, 0.29) is 55.2 Å². The summed E-state index contributed by atoms with van der Waals surface area (Å²) in [6.45, 7) is 1.18. The first-order valence-electron chi connectivity index (χ1n) is 13.6. The minimum Gasteiger partial charge on any atom is -0.377 e. The zero-order chi connectivity index (χ0) is 28.1. The van der Waals surface area contributed by atoms with Crippen LogP contribution in [0.1, 0.15) is 53.0 Å². The summed E-state index contributed by atoms with van der Waals surface area (Å²) in [6, 6.07) is 5.93. The van der Waals surface area contributed by atoms with Gasteiger partial charge < -0.3 is 25.6 Å². The van der Waals surface area contributed by atoms with Crippen LogP contribution in [0.4, 0.5) is 4.39 Å². The maximum absolute atomic E-state index is 13.5. The lowest BCUT2D eigenvalue weighted by atomic mass is 10.1. The van der Waals surface area contributed by atoms with Gasteiger partial charge >= 0.3 is 0 Å². The average Bonchev–Trinajstić information content (AvgIpc) is 3.60. The first-order valence-corrected chi connectivity index (χ1v) is 13.6. The van der Waals surface area contributed by atoms with E-state index in [4.69, 9.17) is 4.74 Å². The molecule has 40 heavy (non-hydrogen) atoms. The number of aromatic nitrogens is 2. The Kier molecular flexibility index (Phi) is 8.67. The number of carbonyl (C=O) groups excluding carboxylic acids is 3. The molecule has 5 rings (SSSR count). The molecule has 3 aliphatic rings. The number of likely N-dealkylation sites (tertiary alicyclic amines) is 1. The second kappa shape index (κ2) is 12.5. The Morgan fingerprint density at radius 1 is 1.10 bits per heavy atom. The Balaban J connectivity index is 1.15. The third kappa shape index (κ3) is 7.00. The van der Waals surface area contributed by atoms with Gasteiger partial charge in [-0.05, 0) is 43.5 Å². The lowest BCUT2D eigenvalue weighted by Gasteiger charge is -2.25. The van der Waals surface area contributed by atoms with E-state index in [0.29, 0.717) is 36.5 Å². The summed E-state index contributed by atoms with van der Waals surface area (Å²) < 4.78 is 18.5. The van der Waals surface area contributed by atoms with Gasteiger partial charge in [-0.15, -0.1) is 0 Å². The smallest absolute Gasteiger partial charge is 0.251 e. The molecule has 11 heteroatoms. The van der Waals surface area contributed by atoms with Gasteiger partial charge in [0.15, 0.2) is 5.82 Å². The number of rotatable bonds is 8. The number of benzene rings is 1. The van der Waals surface area contributed by atoms with Crippen molar-refractivity contribution in [1.29, 1.82) is 0 Å². The van der Waals surface area contributed by atoms with Crippen molar-refractivity contribution >= 4 is 17.7 Å².